The van der Waals surface area contributed by atoms with Crippen molar-refractivity contribution in [2.75, 3.05) is 26.9 Å². The summed E-state index contributed by atoms with van der Waals surface area (Å²) in [7, 11) is 1.65. The first-order chi connectivity index (χ1) is 9.33. The SMILES string of the molecule is COCCOCCn1c(Cl)nnc1-c1ccccc1. The molecule has 0 atom stereocenters. The quantitative estimate of drug-likeness (QED) is 0.731. The van der Waals surface area contributed by atoms with Crippen LogP contribution in [0.2, 0.25) is 5.28 Å². The third-order valence-corrected chi connectivity index (χ3v) is 2.91. The van der Waals surface area contributed by atoms with E-state index >= 15 is 0 Å². The lowest BCUT2D eigenvalue weighted by atomic mass is 10.2. The van der Waals surface area contributed by atoms with Crippen LogP contribution in [0, 0.1) is 0 Å². The van der Waals surface area contributed by atoms with Crippen LogP contribution >= 0.6 is 11.6 Å². The average molecular weight is 282 g/mol. The third kappa shape index (κ3) is 3.76. The van der Waals surface area contributed by atoms with Crippen LogP contribution in [0.5, 0.6) is 0 Å². The fraction of sp³-hybridized carbons (Fsp3) is 0.385. The van der Waals surface area contributed by atoms with E-state index in [-0.39, 0.29) is 0 Å². The Balaban J connectivity index is 2.02. The Morgan fingerprint density at radius 3 is 2.63 bits per heavy atom. The topological polar surface area (TPSA) is 49.2 Å². The normalized spacial score (nSPS) is 10.8. The average Bonchev–Trinajstić information content (AvgIpc) is 2.81. The van der Waals surface area contributed by atoms with Crippen LogP contribution in [0.3, 0.4) is 0 Å². The number of hydrogen-bond acceptors (Lipinski definition) is 4. The zero-order valence-electron chi connectivity index (χ0n) is 10.8. The predicted molar refractivity (Wildman–Crippen MR) is 73.2 cm³/mol. The number of halogens is 1. The van der Waals surface area contributed by atoms with Gasteiger partial charge in [-0.05, 0) is 11.6 Å². The number of rotatable bonds is 7. The summed E-state index contributed by atoms with van der Waals surface area (Å²) in [6, 6.07) is 9.82. The molecule has 1 heterocycles. The van der Waals surface area contributed by atoms with E-state index in [4.69, 9.17) is 21.1 Å². The molecule has 0 spiro atoms. The van der Waals surface area contributed by atoms with E-state index in [1.807, 2.05) is 34.9 Å². The molecule has 19 heavy (non-hydrogen) atoms. The lowest BCUT2D eigenvalue weighted by molar-refractivity contribution is 0.0667. The van der Waals surface area contributed by atoms with Crippen LogP contribution in [-0.4, -0.2) is 41.7 Å². The van der Waals surface area contributed by atoms with Gasteiger partial charge in [0, 0.05) is 12.7 Å². The van der Waals surface area contributed by atoms with Gasteiger partial charge >= 0.3 is 0 Å². The summed E-state index contributed by atoms with van der Waals surface area (Å²) in [5.41, 5.74) is 0.985. The number of benzene rings is 1. The van der Waals surface area contributed by atoms with Crippen LogP contribution in [0.1, 0.15) is 0 Å². The van der Waals surface area contributed by atoms with Crippen molar-refractivity contribution in [1.29, 1.82) is 0 Å². The molecule has 0 aliphatic rings. The maximum atomic E-state index is 6.04. The Morgan fingerprint density at radius 2 is 1.89 bits per heavy atom. The van der Waals surface area contributed by atoms with Crippen molar-refractivity contribution in [2.24, 2.45) is 0 Å². The molecule has 0 radical (unpaired) electrons. The monoisotopic (exact) mass is 281 g/mol. The van der Waals surface area contributed by atoms with Crippen LogP contribution < -0.4 is 0 Å². The molecule has 0 unspecified atom stereocenters. The minimum absolute atomic E-state index is 0.370. The first-order valence-electron chi connectivity index (χ1n) is 6.03. The molecule has 6 heteroatoms. The highest BCUT2D eigenvalue weighted by molar-refractivity contribution is 6.28. The van der Waals surface area contributed by atoms with Gasteiger partial charge < -0.3 is 9.47 Å². The molecule has 0 saturated heterocycles. The second kappa shape index (κ2) is 7.23. The Bertz CT molecular complexity index is 502. The molecular weight excluding hydrogens is 266 g/mol. The third-order valence-electron chi connectivity index (χ3n) is 2.63. The summed E-state index contributed by atoms with van der Waals surface area (Å²) in [4.78, 5) is 0. The summed E-state index contributed by atoms with van der Waals surface area (Å²) in [5, 5.41) is 8.38. The van der Waals surface area contributed by atoms with Gasteiger partial charge in [0.05, 0.1) is 26.4 Å². The van der Waals surface area contributed by atoms with Gasteiger partial charge in [-0.1, -0.05) is 30.3 Å². The van der Waals surface area contributed by atoms with Crippen LogP contribution in [0.4, 0.5) is 0 Å². The zero-order valence-corrected chi connectivity index (χ0v) is 11.5. The number of hydrogen-bond donors (Lipinski definition) is 0. The molecule has 0 bridgehead atoms. The van der Waals surface area contributed by atoms with E-state index in [0.717, 1.165) is 11.4 Å². The first-order valence-corrected chi connectivity index (χ1v) is 6.41. The highest BCUT2D eigenvalue weighted by Crippen LogP contribution is 2.19. The summed E-state index contributed by atoms with van der Waals surface area (Å²) in [5.74, 6) is 0.751. The minimum atomic E-state index is 0.370. The largest absolute Gasteiger partial charge is 0.382 e. The molecule has 0 amide bonds. The van der Waals surface area contributed by atoms with Crippen LogP contribution in [0.25, 0.3) is 11.4 Å². The molecule has 0 N–H and O–H groups in total. The molecule has 0 saturated carbocycles. The highest BCUT2D eigenvalue weighted by Gasteiger charge is 2.11. The lowest BCUT2D eigenvalue weighted by Crippen LogP contribution is -2.10. The van der Waals surface area contributed by atoms with Crippen molar-refractivity contribution in [1.82, 2.24) is 14.8 Å². The molecule has 0 aliphatic carbocycles. The van der Waals surface area contributed by atoms with E-state index in [1.54, 1.807) is 7.11 Å². The molecule has 0 aliphatic heterocycles. The maximum Gasteiger partial charge on any atom is 0.225 e. The Morgan fingerprint density at radius 1 is 1.11 bits per heavy atom. The second-order valence-electron chi connectivity index (χ2n) is 3.92. The van der Waals surface area contributed by atoms with E-state index in [9.17, 15) is 0 Å². The number of nitrogens with zero attached hydrogens (tertiary/aromatic N) is 3. The molecular formula is C13H16ClN3O2. The summed E-state index contributed by atoms with van der Waals surface area (Å²) >= 11 is 6.04. The fourth-order valence-corrected chi connectivity index (χ4v) is 1.89. The highest BCUT2D eigenvalue weighted by atomic mass is 35.5. The van der Waals surface area contributed by atoms with Gasteiger partial charge in [0.25, 0.3) is 0 Å². The van der Waals surface area contributed by atoms with E-state index < -0.39 is 0 Å². The summed E-state index contributed by atoms with van der Waals surface area (Å²) in [6.07, 6.45) is 0. The molecule has 2 rings (SSSR count). The number of methoxy groups -OCH3 is 1. The smallest absolute Gasteiger partial charge is 0.225 e. The van der Waals surface area contributed by atoms with Gasteiger partial charge in [0.2, 0.25) is 5.28 Å². The molecule has 5 nitrogen and oxygen atoms in total. The molecule has 0 fully saturated rings. The summed E-state index contributed by atoms with van der Waals surface area (Å²) in [6.45, 7) is 2.30. The van der Waals surface area contributed by atoms with Crippen molar-refractivity contribution in [3.63, 3.8) is 0 Å². The van der Waals surface area contributed by atoms with Crippen molar-refractivity contribution in [3.8, 4) is 11.4 Å². The number of ether oxygens (including phenoxy) is 2. The number of aromatic nitrogens is 3. The van der Waals surface area contributed by atoms with Crippen molar-refractivity contribution in [2.45, 2.75) is 6.54 Å². The van der Waals surface area contributed by atoms with Gasteiger partial charge in [0.1, 0.15) is 0 Å². The van der Waals surface area contributed by atoms with Gasteiger partial charge in [0.15, 0.2) is 5.82 Å². The maximum absolute atomic E-state index is 6.04. The first kappa shape index (κ1) is 14.0. The van der Waals surface area contributed by atoms with Crippen molar-refractivity contribution in [3.05, 3.63) is 35.6 Å². The van der Waals surface area contributed by atoms with Gasteiger partial charge in [-0.25, -0.2) is 0 Å². The predicted octanol–water partition coefficient (Wildman–Crippen LogP) is 2.26. The van der Waals surface area contributed by atoms with Gasteiger partial charge in [-0.3, -0.25) is 4.57 Å². The Labute approximate surface area is 117 Å². The van der Waals surface area contributed by atoms with Gasteiger partial charge in [-0.2, -0.15) is 0 Å². The molecule has 1 aromatic heterocycles. The molecule has 102 valence electrons. The molecule has 2 aromatic rings. The van der Waals surface area contributed by atoms with E-state index in [0.29, 0.717) is 31.6 Å². The summed E-state index contributed by atoms with van der Waals surface area (Å²) < 4.78 is 12.2. The molecule has 1 aromatic carbocycles. The zero-order chi connectivity index (χ0) is 13.5. The Kier molecular flexibility index (Phi) is 5.32. The van der Waals surface area contributed by atoms with Gasteiger partial charge in [-0.15, -0.1) is 10.2 Å². The second-order valence-corrected chi connectivity index (χ2v) is 4.25. The van der Waals surface area contributed by atoms with Crippen molar-refractivity contribution < 1.29 is 9.47 Å². The fourth-order valence-electron chi connectivity index (χ4n) is 1.68. The standard InChI is InChI=1S/C13H16ClN3O2/c1-18-9-10-19-8-7-17-12(15-16-13(17)14)11-5-3-2-4-6-11/h2-6H,7-10H2,1H3. The van der Waals surface area contributed by atoms with E-state index in [2.05, 4.69) is 10.2 Å². The Hall–Kier alpha value is -1.43. The van der Waals surface area contributed by atoms with E-state index in [1.165, 1.54) is 0 Å². The van der Waals surface area contributed by atoms with Crippen LogP contribution in [0.15, 0.2) is 30.3 Å². The lowest BCUT2D eigenvalue weighted by Gasteiger charge is -2.08. The van der Waals surface area contributed by atoms with Crippen molar-refractivity contribution >= 4 is 11.6 Å². The minimum Gasteiger partial charge on any atom is -0.382 e. The van der Waals surface area contributed by atoms with Crippen LogP contribution in [-0.2, 0) is 16.0 Å².